The van der Waals surface area contributed by atoms with Crippen LogP contribution < -0.4 is 5.32 Å². The lowest BCUT2D eigenvalue weighted by Gasteiger charge is -2.23. The molecule has 30 heavy (non-hydrogen) atoms. The normalized spacial score (nSPS) is 23.8. The molecule has 0 radical (unpaired) electrons. The van der Waals surface area contributed by atoms with Crippen molar-refractivity contribution in [3.05, 3.63) is 63.1 Å². The zero-order valence-corrected chi connectivity index (χ0v) is 18.9. The zero-order valence-electron chi connectivity index (χ0n) is 17.3. The van der Waals surface area contributed by atoms with E-state index < -0.39 is 0 Å². The first-order valence-corrected chi connectivity index (χ1v) is 11.8. The molecule has 3 aliphatic rings. The van der Waals surface area contributed by atoms with E-state index in [0.717, 1.165) is 56.0 Å². The van der Waals surface area contributed by atoms with Crippen LogP contribution in [0, 0.1) is 5.92 Å². The largest absolute Gasteiger partial charge is 0.512 e. The van der Waals surface area contributed by atoms with E-state index in [9.17, 15) is 5.11 Å². The van der Waals surface area contributed by atoms with Gasteiger partial charge in [0.05, 0.1) is 21.3 Å². The molecule has 2 atom stereocenters. The Balaban J connectivity index is 1.71. The molecule has 5 rings (SSSR count). The Morgan fingerprint density at radius 2 is 2.03 bits per heavy atom. The van der Waals surface area contributed by atoms with Crippen molar-refractivity contribution >= 4 is 39.7 Å². The predicted molar refractivity (Wildman–Crippen MR) is 126 cm³/mol. The molecule has 2 unspecified atom stereocenters. The predicted octanol–water partition coefficient (Wildman–Crippen LogP) is 7.18. The Morgan fingerprint density at radius 1 is 1.20 bits per heavy atom. The second-order valence-corrected chi connectivity index (χ2v) is 9.71. The topological polar surface area (TPSA) is 37.2 Å². The van der Waals surface area contributed by atoms with Crippen molar-refractivity contribution in [3.63, 3.8) is 0 Å². The first kappa shape index (κ1) is 20.1. The van der Waals surface area contributed by atoms with Crippen molar-refractivity contribution in [2.45, 2.75) is 64.5 Å². The van der Waals surface area contributed by atoms with Crippen LogP contribution >= 0.6 is 23.2 Å². The molecule has 3 heterocycles. The number of aromatic nitrogens is 1. The summed E-state index contributed by atoms with van der Waals surface area (Å²) in [6, 6.07) is 4.41. The number of nitrogens with one attached hydrogen (secondary N) is 1. The Hall–Kier alpha value is -1.84. The van der Waals surface area contributed by atoms with Crippen LogP contribution in [0.2, 0.25) is 10.0 Å². The fraction of sp³-hybridized carbons (Fsp3) is 0.440. The summed E-state index contributed by atoms with van der Waals surface area (Å²) in [5, 5.41) is 16.9. The van der Waals surface area contributed by atoms with Gasteiger partial charge in [-0.15, -0.1) is 0 Å². The second-order valence-electron chi connectivity index (χ2n) is 8.92. The molecule has 1 saturated carbocycles. The SMILES string of the molecule is CC1CC=CC(c2c3n(c4c(Cl)c(Cl)ccc24)CCCC(C(O)=C2CCC2)C3)=CN1. The molecule has 0 amide bonds. The number of allylic oxidation sites excluding steroid dienone is 4. The highest BCUT2D eigenvalue weighted by atomic mass is 35.5. The summed E-state index contributed by atoms with van der Waals surface area (Å²) < 4.78 is 2.36. The average Bonchev–Trinajstić information content (AvgIpc) is 2.85. The molecule has 2 N–H and O–H groups in total. The summed E-state index contributed by atoms with van der Waals surface area (Å²) in [7, 11) is 0. The van der Waals surface area contributed by atoms with Crippen LogP contribution in [0.1, 0.15) is 56.7 Å². The van der Waals surface area contributed by atoms with Gasteiger partial charge in [0.15, 0.2) is 0 Å². The van der Waals surface area contributed by atoms with E-state index in [-0.39, 0.29) is 5.92 Å². The quantitative estimate of drug-likeness (QED) is 0.483. The van der Waals surface area contributed by atoms with Crippen molar-refractivity contribution in [1.82, 2.24) is 9.88 Å². The molecule has 1 aromatic carbocycles. The van der Waals surface area contributed by atoms with Crippen LogP contribution in [0.25, 0.3) is 16.5 Å². The molecule has 1 aliphatic carbocycles. The molecule has 0 spiro atoms. The first-order chi connectivity index (χ1) is 14.5. The maximum Gasteiger partial charge on any atom is 0.0949 e. The average molecular weight is 443 g/mol. The lowest BCUT2D eigenvalue weighted by molar-refractivity contribution is 0.298. The highest BCUT2D eigenvalue weighted by molar-refractivity contribution is 6.45. The van der Waals surface area contributed by atoms with Gasteiger partial charge in [-0.2, -0.15) is 0 Å². The second kappa shape index (κ2) is 8.01. The van der Waals surface area contributed by atoms with Gasteiger partial charge < -0.3 is 15.0 Å². The molecule has 2 aliphatic heterocycles. The van der Waals surface area contributed by atoms with E-state index in [4.69, 9.17) is 23.2 Å². The van der Waals surface area contributed by atoms with Crippen LogP contribution in [-0.4, -0.2) is 15.7 Å². The van der Waals surface area contributed by atoms with Crippen LogP contribution in [0.5, 0.6) is 0 Å². The third-order valence-electron chi connectivity index (χ3n) is 6.90. The lowest BCUT2D eigenvalue weighted by atomic mass is 9.84. The fourth-order valence-electron chi connectivity index (χ4n) is 5.08. The van der Waals surface area contributed by atoms with E-state index in [1.54, 1.807) is 0 Å². The first-order valence-electron chi connectivity index (χ1n) is 11.1. The number of rotatable bonds is 2. The molecular formula is C25H28Cl2N2O. The number of fused-ring (bicyclic) bond motifs is 3. The Kier molecular flexibility index (Phi) is 5.37. The molecular weight excluding hydrogens is 415 g/mol. The lowest BCUT2D eigenvalue weighted by Crippen LogP contribution is -2.18. The van der Waals surface area contributed by atoms with Crippen LogP contribution in [0.15, 0.2) is 41.8 Å². The minimum absolute atomic E-state index is 0.182. The number of halogens is 2. The minimum atomic E-state index is 0.182. The number of hydrogen-bond acceptors (Lipinski definition) is 2. The minimum Gasteiger partial charge on any atom is -0.512 e. The van der Waals surface area contributed by atoms with Gasteiger partial charge in [-0.25, -0.2) is 0 Å². The van der Waals surface area contributed by atoms with E-state index in [2.05, 4.69) is 41.2 Å². The Labute approximate surface area is 188 Å². The number of aliphatic hydroxyl groups excluding tert-OH is 1. The standard InChI is InChI=1S/C25H28Cl2N2O/c1-15-5-2-8-18(14-28-15)22-19-10-11-20(26)23(27)24(19)29-12-4-9-17(13-21(22)29)25(30)16-6-3-7-16/h2,8,10-11,14-15,17,28,30H,3-7,9,12-13H2,1H3. The van der Waals surface area contributed by atoms with Gasteiger partial charge in [0.25, 0.3) is 0 Å². The van der Waals surface area contributed by atoms with Gasteiger partial charge in [0, 0.05) is 41.3 Å². The van der Waals surface area contributed by atoms with E-state index >= 15 is 0 Å². The van der Waals surface area contributed by atoms with Crippen molar-refractivity contribution in [2.75, 3.05) is 0 Å². The van der Waals surface area contributed by atoms with Gasteiger partial charge >= 0.3 is 0 Å². The summed E-state index contributed by atoms with van der Waals surface area (Å²) in [6.45, 7) is 3.09. The summed E-state index contributed by atoms with van der Waals surface area (Å²) >= 11 is 13.2. The zero-order chi connectivity index (χ0) is 20.8. The highest BCUT2D eigenvalue weighted by Gasteiger charge is 2.30. The van der Waals surface area contributed by atoms with Gasteiger partial charge in [-0.1, -0.05) is 41.4 Å². The molecule has 0 saturated heterocycles. The summed E-state index contributed by atoms with van der Waals surface area (Å²) in [6.07, 6.45) is 13.7. The summed E-state index contributed by atoms with van der Waals surface area (Å²) in [5.41, 5.74) is 5.94. The van der Waals surface area contributed by atoms with Crippen LogP contribution in [0.3, 0.4) is 0 Å². The van der Waals surface area contributed by atoms with Crippen molar-refractivity contribution in [1.29, 1.82) is 0 Å². The number of nitrogens with zero attached hydrogens (tertiary/aromatic N) is 1. The van der Waals surface area contributed by atoms with Crippen molar-refractivity contribution in [2.24, 2.45) is 5.92 Å². The van der Waals surface area contributed by atoms with Crippen molar-refractivity contribution < 1.29 is 5.11 Å². The fourth-order valence-corrected chi connectivity index (χ4v) is 5.50. The van der Waals surface area contributed by atoms with Gasteiger partial charge in [0.1, 0.15) is 0 Å². The van der Waals surface area contributed by atoms with Crippen molar-refractivity contribution in [3.8, 4) is 0 Å². The third-order valence-corrected chi connectivity index (χ3v) is 7.70. The van der Waals surface area contributed by atoms with Gasteiger partial charge in [-0.3, -0.25) is 0 Å². The number of benzene rings is 1. The monoisotopic (exact) mass is 442 g/mol. The van der Waals surface area contributed by atoms with E-state index in [1.807, 2.05) is 6.07 Å². The number of aliphatic hydroxyl groups is 1. The van der Waals surface area contributed by atoms with Crippen LogP contribution in [-0.2, 0) is 13.0 Å². The molecule has 3 nitrogen and oxygen atoms in total. The molecule has 5 heteroatoms. The van der Waals surface area contributed by atoms with Gasteiger partial charge in [-0.05, 0) is 69.1 Å². The summed E-state index contributed by atoms with van der Waals surface area (Å²) in [5.74, 6) is 0.827. The molecule has 2 aromatic rings. The molecule has 0 bridgehead atoms. The number of hydrogen-bond donors (Lipinski definition) is 2. The third kappa shape index (κ3) is 3.36. The van der Waals surface area contributed by atoms with E-state index in [0.29, 0.717) is 21.8 Å². The maximum absolute atomic E-state index is 11.0. The maximum atomic E-state index is 11.0. The summed E-state index contributed by atoms with van der Waals surface area (Å²) in [4.78, 5) is 0. The Bertz CT molecular complexity index is 1090. The molecule has 1 fully saturated rings. The Morgan fingerprint density at radius 3 is 2.80 bits per heavy atom. The van der Waals surface area contributed by atoms with Gasteiger partial charge in [0.2, 0.25) is 0 Å². The van der Waals surface area contributed by atoms with Crippen LogP contribution in [0.4, 0.5) is 0 Å². The molecule has 158 valence electrons. The molecule has 1 aromatic heterocycles. The highest BCUT2D eigenvalue weighted by Crippen LogP contribution is 2.43. The smallest absolute Gasteiger partial charge is 0.0949 e. The van der Waals surface area contributed by atoms with E-state index in [1.165, 1.54) is 28.8 Å². The number of aryl methyl sites for hydroxylation is 1.